The monoisotopic (exact) mass is 290 g/mol. The van der Waals surface area contributed by atoms with E-state index in [9.17, 15) is 10.2 Å². The lowest BCUT2D eigenvalue weighted by Gasteiger charge is -2.34. The minimum absolute atomic E-state index is 0.228. The van der Waals surface area contributed by atoms with Crippen LogP contribution in [-0.2, 0) is 9.47 Å². The normalized spacial score (nSPS) is 26.8. The van der Waals surface area contributed by atoms with Crippen molar-refractivity contribution in [2.75, 3.05) is 14.2 Å². The third-order valence-electron chi connectivity index (χ3n) is 3.93. The molecule has 1 fully saturated rings. The van der Waals surface area contributed by atoms with Gasteiger partial charge in [0.05, 0.1) is 6.10 Å². The molecule has 4 nitrogen and oxygen atoms in total. The Labute approximate surface area is 125 Å². The van der Waals surface area contributed by atoms with Gasteiger partial charge in [-0.1, -0.05) is 30.4 Å². The second kappa shape index (κ2) is 7.06. The molecule has 3 unspecified atom stereocenters. The number of aliphatic hydroxyl groups is 2. The molecule has 0 amide bonds. The summed E-state index contributed by atoms with van der Waals surface area (Å²) in [7, 11) is 3.06. The van der Waals surface area contributed by atoms with Crippen LogP contribution in [0, 0.1) is 11.8 Å². The van der Waals surface area contributed by atoms with E-state index in [4.69, 9.17) is 9.47 Å². The van der Waals surface area contributed by atoms with Gasteiger partial charge in [0.2, 0.25) is 0 Å². The standard InChI is InChI=1S/C17H22O4/c1-20-15-5-3-4-11-17(15,19)12-10-13-6-8-14(9-7-13)16(18)21-2/h6-9,15-16,18-19H,3-5,11H2,1-2H3. The number of hydrogen-bond acceptors (Lipinski definition) is 4. The molecule has 1 aliphatic carbocycles. The second-order valence-corrected chi connectivity index (χ2v) is 5.35. The summed E-state index contributed by atoms with van der Waals surface area (Å²) in [5.74, 6) is 5.97. The molecule has 0 heterocycles. The zero-order valence-electron chi connectivity index (χ0n) is 12.5. The van der Waals surface area contributed by atoms with Crippen LogP contribution in [-0.4, -0.2) is 36.1 Å². The molecule has 1 aromatic rings. The largest absolute Gasteiger partial charge is 0.377 e. The zero-order chi connectivity index (χ0) is 15.3. The molecule has 1 saturated carbocycles. The Morgan fingerprint density at radius 1 is 1.24 bits per heavy atom. The van der Waals surface area contributed by atoms with Crippen molar-refractivity contribution in [3.63, 3.8) is 0 Å². The minimum atomic E-state index is -1.07. The Kier molecular flexibility index (Phi) is 5.38. The first kappa shape index (κ1) is 16.0. The highest BCUT2D eigenvalue weighted by Crippen LogP contribution is 2.30. The van der Waals surface area contributed by atoms with Crippen LogP contribution in [0.1, 0.15) is 43.1 Å². The molecule has 0 radical (unpaired) electrons. The molecule has 0 saturated heterocycles. The molecular weight excluding hydrogens is 268 g/mol. The molecule has 0 bridgehead atoms. The fourth-order valence-electron chi connectivity index (χ4n) is 2.63. The van der Waals surface area contributed by atoms with Gasteiger partial charge in [-0.05, 0) is 31.4 Å². The summed E-state index contributed by atoms with van der Waals surface area (Å²) in [6.07, 6.45) is 2.34. The lowest BCUT2D eigenvalue weighted by molar-refractivity contribution is -0.0796. The van der Waals surface area contributed by atoms with Crippen molar-refractivity contribution >= 4 is 0 Å². The number of ether oxygens (including phenoxy) is 2. The van der Waals surface area contributed by atoms with Gasteiger partial charge in [-0.15, -0.1) is 0 Å². The van der Waals surface area contributed by atoms with E-state index in [0.29, 0.717) is 12.0 Å². The van der Waals surface area contributed by atoms with Gasteiger partial charge in [-0.3, -0.25) is 0 Å². The maximum atomic E-state index is 10.6. The fourth-order valence-corrected chi connectivity index (χ4v) is 2.63. The molecule has 2 N–H and O–H groups in total. The molecular formula is C17H22O4. The first-order valence-electron chi connectivity index (χ1n) is 7.18. The number of benzene rings is 1. The Hall–Kier alpha value is -1.38. The van der Waals surface area contributed by atoms with Crippen molar-refractivity contribution in [3.8, 4) is 11.8 Å². The summed E-state index contributed by atoms with van der Waals surface area (Å²) in [5.41, 5.74) is 0.391. The average molecular weight is 290 g/mol. The van der Waals surface area contributed by atoms with Crippen molar-refractivity contribution < 1.29 is 19.7 Å². The Morgan fingerprint density at radius 3 is 2.57 bits per heavy atom. The molecule has 21 heavy (non-hydrogen) atoms. The Morgan fingerprint density at radius 2 is 1.95 bits per heavy atom. The van der Waals surface area contributed by atoms with Crippen molar-refractivity contribution in [1.82, 2.24) is 0 Å². The summed E-state index contributed by atoms with van der Waals surface area (Å²) >= 11 is 0. The molecule has 3 atom stereocenters. The SMILES string of the molecule is COC(O)c1ccc(C#CC2(O)CCCCC2OC)cc1. The van der Waals surface area contributed by atoms with Gasteiger partial charge in [-0.2, -0.15) is 0 Å². The molecule has 1 aromatic carbocycles. The highest BCUT2D eigenvalue weighted by Gasteiger charge is 2.37. The minimum Gasteiger partial charge on any atom is -0.377 e. The van der Waals surface area contributed by atoms with E-state index in [1.807, 2.05) is 0 Å². The van der Waals surface area contributed by atoms with Crippen LogP contribution in [0.3, 0.4) is 0 Å². The molecule has 114 valence electrons. The predicted molar refractivity (Wildman–Crippen MR) is 79.5 cm³/mol. The number of rotatable bonds is 3. The van der Waals surface area contributed by atoms with E-state index >= 15 is 0 Å². The van der Waals surface area contributed by atoms with Crippen LogP contribution in [0.4, 0.5) is 0 Å². The smallest absolute Gasteiger partial charge is 0.180 e. The van der Waals surface area contributed by atoms with Crippen LogP contribution < -0.4 is 0 Å². The van der Waals surface area contributed by atoms with E-state index in [1.165, 1.54) is 7.11 Å². The van der Waals surface area contributed by atoms with Gasteiger partial charge in [0.15, 0.2) is 11.9 Å². The van der Waals surface area contributed by atoms with Gasteiger partial charge < -0.3 is 19.7 Å². The van der Waals surface area contributed by atoms with Gasteiger partial charge in [0.25, 0.3) is 0 Å². The number of aliphatic hydroxyl groups excluding tert-OH is 1. The number of hydrogen-bond donors (Lipinski definition) is 2. The highest BCUT2D eigenvalue weighted by molar-refractivity contribution is 5.38. The summed E-state index contributed by atoms with van der Waals surface area (Å²) in [6.45, 7) is 0. The quantitative estimate of drug-likeness (QED) is 0.660. The van der Waals surface area contributed by atoms with Crippen LogP contribution >= 0.6 is 0 Å². The van der Waals surface area contributed by atoms with Crippen molar-refractivity contribution in [2.24, 2.45) is 0 Å². The third-order valence-corrected chi connectivity index (χ3v) is 3.93. The predicted octanol–water partition coefficient (Wildman–Crippen LogP) is 2.00. The van der Waals surface area contributed by atoms with E-state index in [1.54, 1.807) is 31.4 Å². The van der Waals surface area contributed by atoms with Crippen LogP contribution in [0.15, 0.2) is 24.3 Å². The molecule has 1 aliphatic rings. The van der Waals surface area contributed by atoms with Crippen LogP contribution in [0.5, 0.6) is 0 Å². The Balaban J connectivity index is 2.14. The third kappa shape index (κ3) is 3.84. The van der Waals surface area contributed by atoms with Gasteiger partial charge in [0.1, 0.15) is 0 Å². The maximum Gasteiger partial charge on any atom is 0.180 e. The van der Waals surface area contributed by atoms with Crippen LogP contribution in [0.25, 0.3) is 0 Å². The summed E-state index contributed by atoms with van der Waals surface area (Å²) < 4.78 is 10.2. The fraction of sp³-hybridized carbons (Fsp3) is 0.529. The zero-order valence-corrected chi connectivity index (χ0v) is 12.5. The van der Waals surface area contributed by atoms with E-state index in [-0.39, 0.29) is 6.10 Å². The first-order chi connectivity index (χ1) is 10.1. The molecule has 0 aliphatic heterocycles. The second-order valence-electron chi connectivity index (χ2n) is 5.35. The molecule has 4 heteroatoms. The van der Waals surface area contributed by atoms with Gasteiger partial charge in [0, 0.05) is 25.3 Å². The van der Waals surface area contributed by atoms with Gasteiger partial charge in [-0.25, -0.2) is 0 Å². The summed E-state index contributed by atoms with van der Waals surface area (Å²) in [6, 6.07) is 7.13. The lowest BCUT2D eigenvalue weighted by atomic mass is 9.82. The highest BCUT2D eigenvalue weighted by atomic mass is 16.6. The summed E-state index contributed by atoms with van der Waals surface area (Å²) in [5, 5.41) is 20.2. The molecule has 0 spiro atoms. The topological polar surface area (TPSA) is 58.9 Å². The van der Waals surface area contributed by atoms with Gasteiger partial charge >= 0.3 is 0 Å². The molecule has 2 rings (SSSR count). The van der Waals surface area contributed by atoms with E-state index < -0.39 is 11.9 Å². The first-order valence-corrected chi connectivity index (χ1v) is 7.18. The van der Waals surface area contributed by atoms with Crippen LogP contribution in [0.2, 0.25) is 0 Å². The van der Waals surface area contributed by atoms with Crippen molar-refractivity contribution in [3.05, 3.63) is 35.4 Å². The van der Waals surface area contributed by atoms with E-state index in [0.717, 1.165) is 24.8 Å². The number of methoxy groups -OCH3 is 2. The van der Waals surface area contributed by atoms with Crippen molar-refractivity contribution in [2.45, 2.75) is 43.7 Å². The van der Waals surface area contributed by atoms with Crippen molar-refractivity contribution in [1.29, 1.82) is 0 Å². The average Bonchev–Trinajstić information content (AvgIpc) is 2.53. The van der Waals surface area contributed by atoms with E-state index in [2.05, 4.69) is 11.8 Å². The Bertz CT molecular complexity index is 514. The lowest BCUT2D eigenvalue weighted by Crippen LogP contribution is -2.44. The molecule has 0 aromatic heterocycles. The summed E-state index contributed by atoms with van der Waals surface area (Å²) in [4.78, 5) is 0. The maximum absolute atomic E-state index is 10.6.